The number of hydrogen-bond acceptors (Lipinski definition) is 5. The summed E-state index contributed by atoms with van der Waals surface area (Å²) in [5.74, 6) is -0.0319. The van der Waals surface area contributed by atoms with Gasteiger partial charge in [-0.15, -0.1) is 0 Å². The molecule has 3 rings (SSSR count). The summed E-state index contributed by atoms with van der Waals surface area (Å²) >= 11 is 0. The van der Waals surface area contributed by atoms with E-state index in [1.54, 1.807) is 9.80 Å². The second-order valence-corrected chi connectivity index (χ2v) is 8.95. The molecule has 0 unspecified atom stereocenters. The predicted octanol–water partition coefficient (Wildman–Crippen LogP) is 3.07. The fourth-order valence-corrected chi connectivity index (χ4v) is 3.65. The van der Waals surface area contributed by atoms with Crippen LogP contribution in [0.15, 0.2) is 36.4 Å². The fourth-order valence-electron chi connectivity index (χ4n) is 3.65. The zero-order chi connectivity index (χ0) is 22.8. The highest BCUT2D eigenvalue weighted by Crippen LogP contribution is 2.32. The molecular formula is C24H30N2O5. The number of carbonyl (C=O) groups excluding carboxylic acids is 2. The second kappa shape index (κ2) is 8.88. The lowest BCUT2D eigenvalue weighted by atomic mass is 9.85. The van der Waals surface area contributed by atoms with Gasteiger partial charge in [-0.05, 0) is 36.1 Å². The molecule has 0 radical (unpaired) electrons. The van der Waals surface area contributed by atoms with Crippen molar-refractivity contribution < 1.29 is 24.5 Å². The molecule has 1 aliphatic rings. The minimum atomic E-state index is -0.288. The number of benzene rings is 2. The number of carbonyl (C=O) groups is 2. The first kappa shape index (κ1) is 22.5. The summed E-state index contributed by atoms with van der Waals surface area (Å²) in [5, 5.41) is 19.2. The van der Waals surface area contributed by atoms with Gasteiger partial charge >= 0.3 is 0 Å². The van der Waals surface area contributed by atoms with Crippen molar-refractivity contribution in [2.75, 3.05) is 32.8 Å². The van der Waals surface area contributed by atoms with Crippen molar-refractivity contribution in [3.05, 3.63) is 53.1 Å². The van der Waals surface area contributed by atoms with Crippen molar-refractivity contribution in [3.8, 4) is 17.2 Å². The number of nitrogens with zero attached hydrogens (tertiary/aromatic N) is 2. The first-order chi connectivity index (χ1) is 14.5. The molecule has 0 aliphatic carbocycles. The summed E-state index contributed by atoms with van der Waals surface area (Å²) in [5.41, 5.74) is 2.32. The fraction of sp³-hybridized carbons (Fsp3) is 0.417. The molecule has 31 heavy (non-hydrogen) atoms. The minimum absolute atomic E-state index is 0.0550. The van der Waals surface area contributed by atoms with Gasteiger partial charge < -0.3 is 24.7 Å². The van der Waals surface area contributed by atoms with Gasteiger partial charge in [0.2, 0.25) is 0 Å². The van der Waals surface area contributed by atoms with Gasteiger partial charge in [0.25, 0.3) is 11.8 Å². The number of phenolic OH excluding ortho intramolecular Hbond substituents is 2. The van der Waals surface area contributed by atoms with E-state index in [-0.39, 0.29) is 40.9 Å². The number of ether oxygens (including phenoxy) is 1. The maximum absolute atomic E-state index is 12.7. The number of aromatic hydroxyl groups is 2. The van der Waals surface area contributed by atoms with E-state index >= 15 is 0 Å². The van der Waals surface area contributed by atoms with Crippen molar-refractivity contribution in [3.63, 3.8) is 0 Å². The molecule has 0 saturated carbocycles. The quantitative estimate of drug-likeness (QED) is 0.784. The normalized spacial score (nSPS) is 14.5. The molecule has 0 aromatic heterocycles. The molecule has 1 saturated heterocycles. The van der Waals surface area contributed by atoms with E-state index in [0.29, 0.717) is 31.9 Å². The maximum Gasteiger partial charge on any atom is 0.260 e. The van der Waals surface area contributed by atoms with Crippen LogP contribution in [0.5, 0.6) is 17.2 Å². The summed E-state index contributed by atoms with van der Waals surface area (Å²) in [6, 6.07) is 9.78. The Morgan fingerprint density at radius 2 is 1.52 bits per heavy atom. The van der Waals surface area contributed by atoms with Crippen LogP contribution in [0.1, 0.15) is 42.3 Å². The molecule has 0 atom stereocenters. The van der Waals surface area contributed by atoms with E-state index in [0.717, 1.165) is 11.1 Å². The molecular weight excluding hydrogens is 396 g/mol. The van der Waals surface area contributed by atoms with E-state index in [9.17, 15) is 19.8 Å². The number of piperazine rings is 1. The molecule has 2 amide bonds. The maximum atomic E-state index is 12.7. The molecule has 1 heterocycles. The molecule has 1 fully saturated rings. The van der Waals surface area contributed by atoms with Crippen LogP contribution < -0.4 is 4.74 Å². The first-order valence-electron chi connectivity index (χ1n) is 10.4. The van der Waals surface area contributed by atoms with Crippen LogP contribution in [0.4, 0.5) is 0 Å². The third kappa shape index (κ3) is 5.48. The van der Waals surface area contributed by atoms with Crippen molar-refractivity contribution in [2.24, 2.45) is 0 Å². The smallest absolute Gasteiger partial charge is 0.260 e. The molecule has 2 N–H and O–H groups in total. The standard InChI is InChI=1S/C24H30N2O5/c1-16-5-6-21(20(11-16)24(2,3)4)31-15-22(29)25-7-9-26(10-8-25)23(30)17-12-18(27)14-19(28)13-17/h5-6,11-14,27-28H,7-10,15H2,1-4H3. The number of rotatable bonds is 4. The lowest BCUT2D eigenvalue weighted by Crippen LogP contribution is -2.51. The molecule has 1 aliphatic heterocycles. The van der Waals surface area contributed by atoms with Gasteiger partial charge in [0.05, 0.1) is 0 Å². The third-order valence-electron chi connectivity index (χ3n) is 5.36. The zero-order valence-corrected chi connectivity index (χ0v) is 18.5. The van der Waals surface area contributed by atoms with Gasteiger partial charge in [-0.1, -0.05) is 38.5 Å². The molecule has 0 spiro atoms. The highest BCUT2D eigenvalue weighted by molar-refractivity contribution is 5.95. The molecule has 7 nitrogen and oxygen atoms in total. The largest absolute Gasteiger partial charge is 0.508 e. The number of hydrogen-bond donors (Lipinski definition) is 2. The summed E-state index contributed by atoms with van der Waals surface area (Å²) in [4.78, 5) is 28.6. The van der Waals surface area contributed by atoms with Crippen LogP contribution >= 0.6 is 0 Å². The zero-order valence-electron chi connectivity index (χ0n) is 18.5. The van der Waals surface area contributed by atoms with Crippen LogP contribution in [-0.4, -0.2) is 64.6 Å². The van der Waals surface area contributed by atoms with E-state index in [2.05, 4.69) is 26.8 Å². The molecule has 2 aromatic carbocycles. The average Bonchev–Trinajstić information content (AvgIpc) is 2.70. The van der Waals surface area contributed by atoms with Gasteiger partial charge in [0.15, 0.2) is 6.61 Å². The summed E-state index contributed by atoms with van der Waals surface area (Å²) in [6.45, 7) is 9.86. The average molecular weight is 427 g/mol. The van der Waals surface area contributed by atoms with E-state index in [1.807, 2.05) is 19.1 Å². The Labute approximate surface area is 182 Å². The first-order valence-corrected chi connectivity index (χ1v) is 10.4. The third-order valence-corrected chi connectivity index (χ3v) is 5.36. The lowest BCUT2D eigenvalue weighted by Gasteiger charge is -2.35. The highest BCUT2D eigenvalue weighted by Gasteiger charge is 2.26. The summed E-state index contributed by atoms with van der Waals surface area (Å²) < 4.78 is 5.88. The van der Waals surface area contributed by atoms with Crippen LogP contribution in [0.2, 0.25) is 0 Å². The van der Waals surface area contributed by atoms with Crippen molar-refractivity contribution in [1.29, 1.82) is 0 Å². The number of amides is 2. The second-order valence-electron chi connectivity index (χ2n) is 8.95. The Bertz CT molecular complexity index is 952. The van der Waals surface area contributed by atoms with Crippen LogP contribution in [-0.2, 0) is 10.2 Å². The molecule has 0 bridgehead atoms. The van der Waals surface area contributed by atoms with Crippen molar-refractivity contribution in [1.82, 2.24) is 9.80 Å². The van der Waals surface area contributed by atoms with Crippen LogP contribution in [0, 0.1) is 6.92 Å². The Balaban J connectivity index is 1.57. The van der Waals surface area contributed by atoms with Gasteiger partial charge in [-0.25, -0.2) is 0 Å². The van der Waals surface area contributed by atoms with Crippen LogP contribution in [0.3, 0.4) is 0 Å². The van der Waals surface area contributed by atoms with Gasteiger partial charge in [-0.3, -0.25) is 9.59 Å². The van der Waals surface area contributed by atoms with Gasteiger partial charge in [0, 0.05) is 37.8 Å². The topological polar surface area (TPSA) is 90.3 Å². The summed E-state index contributed by atoms with van der Waals surface area (Å²) in [6.07, 6.45) is 0. The molecule has 166 valence electrons. The minimum Gasteiger partial charge on any atom is -0.508 e. The Hall–Kier alpha value is -3.22. The monoisotopic (exact) mass is 426 g/mol. The van der Waals surface area contributed by atoms with Gasteiger partial charge in [-0.2, -0.15) is 0 Å². The van der Waals surface area contributed by atoms with Crippen LogP contribution in [0.25, 0.3) is 0 Å². The Morgan fingerprint density at radius 3 is 2.10 bits per heavy atom. The van der Waals surface area contributed by atoms with Crippen molar-refractivity contribution >= 4 is 11.8 Å². The molecule has 2 aromatic rings. The van der Waals surface area contributed by atoms with E-state index in [4.69, 9.17) is 4.74 Å². The highest BCUT2D eigenvalue weighted by atomic mass is 16.5. The van der Waals surface area contributed by atoms with Crippen molar-refractivity contribution in [2.45, 2.75) is 33.1 Å². The summed E-state index contributed by atoms with van der Waals surface area (Å²) in [7, 11) is 0. The van der Waals surface area contributed by atoms with E-state index in [1.165, 1.54) is 18.2 Å². The number of aryl methyl sites for hydroxylation is 1. The predicted molar refractivity (Wildman–Crippen MR) is 118 cm³/mol. The SMILES string of the molecule is Cc1ccc(OCC(=O)N2CCN(C(=O)c3cc(O)cc(O)c3)CC2)c(C(C)(C)C)c1. The lowest BCUT2D eigenvalue weighted by molar-refractivity contribution is -0.134. The van der Waals surface area contributed by atoms with E-state index < -0.39 is 0 Å². The Kier molecular flexibility index (Phi) is 6.43. The molecule has 7 heteroatoms. The van der Waals surface area contributed by atoms with Gasteiger partial charge in [0.1, 0.15) is 17.2 Å². The number of phenols is 2. The Morgan fingerprint density at radius 1 is 0.935 bits per heavy atom.